The highest BCUT2D eigenvalue weighted by Gasteiger charge is 2.45. The number of benzene rings is 1. The van der Waals surface area contributed by atoms with Crippen molar-refractivity contribution in [3.05, 3.63) is 47.2 Å². The molecule has 4 rings (SSSR count). The monoisotopic (exact) mass is 344 g/mol. The van der Waals surface area contributed by atoms with Crippen molar-refractivity contribution in [1.82, 2.24) is 9.88 Å². The molecule has 0 radical (unpaired) electrons. The first-order valence-electron chi connectivity index (χ1n) is 7.89. The number of amides is 2. The summed E-state index contributed by atoms with van der Waals surface area (Å²) < 4.78 is 0. The molecule has 0 aliphatic carbocycles. The van der Waals surface area contributed by atoms with E-state index in [2.05, 4.69) is 15.6 Å². The van der Waals surface area contributed by atoms with Gasteiger partial charge in [-0.1, -0.05) is 23.7 Å². The minimum absolute atomic E-state index is 0.0313. The minimum atomic E-state index is -0.654. The third-order valence-corrected chi connectivity index (χ3v) is 4.98. The second kappa shape index (κ2) is 5.56. The number of piperidine rings is 1. The summed E-state index contributed by atoms with van der Waals surface area (Å²) in [5.41, 5.74) is 1.54. The van der Waals surface area contributed by atoms with Gasteiger partial charge in [0.1, 0.15) is 11.2 Å². The number of aromatic nitrogens is 1. The number of anilines is 2. The maximum atomic E-state index is 12.6. The Morgan fingerprint density at radius 2 is 1.88 bits per heavy atom. The van der Waals surface area contributed by atoms with Gasteiger partial charge in [0.05, 0.1) is 16.4 Å². The van der Waals surface area contributed by atoms with Crippen molar-refractivity contribution in [3.8, 4) is 0 Å². The second-order valence-electron chi connectivity index (χ2n) is 6.23. The maximum Gasteiger partial charge on any atom is 0.270 e. The van der Waals surface area contributed by atoms with Crippen LogP contribution in [-0.4, -0.2) is 40.3 Å². The fourth-order valence-electron chi connectivity index (χ4n) is 3.36. The normalized spacial score (nSPS) is 18.7. The van der Waals surface area contributed by atoms with Gasteiger partial charge in [0, 0.05) is 19.3 Å². The molecule has 0 bridgehead atoms. The Kier molecular flexibility index (Phi) is 3.49. The molecular formula is C17H17ClN4O2. The molecule has 0 saturated carbocycles. The Bertz CT molecular complexity index is 808. The summed E-state index contributed by atoms with van der Waals surface area (Å²) in [6.45, 7) is 1.02. The molecule has 0 atom stereocenters. The average molecular weight is 345 g/mol. The van der Waals surface area contributed by atoms with Crippen molar-refractivity contribution in [3.63, 3.8) is 0 Å². The van der Waals surface area contributed by atoms with Crippen molar-refractivity contribution >= 4 is 34.8 Å². The zero-order chi connectivity index (χ0) is 16.7. The first kappa shape index (κ1) is 15.1. The van der Waals surface area contributed by atoms with Crippen LogP contribution >= 0.6 is 11.6 Å². The molecule has 1 spiro atoms. The summed E-state index contributed by atoms with van der Waals surface area (Å²) in [6.07, 6.45) is 2.72. The number of para-hydroxylation sites is 2. The number of likely N-dealkylation sites (tertiary alicyclic amines) is 1. The number of aromatic amines is 1. The molecule has 1 saturated heterocycles. The van der Waals surface area contributed by atoms with Gasteiger partial charge in [-0.3, -0.25) is 9.59 Å². The summed E-state index contributed by atoms with van der Waals surface area (Å²) >= 11 is 5.86. The van der Waals surface area contributed by atoms with Crippen LogP contribution in [0.3, 0.4) is 0 Å². The SMILES string of the molecule is O=C(c1cc(Cl)c[nH]1)N1CCC2(CC1)Nc1ccccc1NC2=O. The molecule has 124 valence electrons. The minimum Gasteiger partial charge on any atom is -0.369 e. The van der Waals surface area contributed by atoms with Gasteiger partial charge in [-0.15, -0.1) is 0 Å². The van der Waals surface area contributed by atoms with Gasteiger partial charge >= 0.3 is 0 Å². The molecule has 1 aromatic carbocycles. The van der Waals surface area contributed by atoms with E-state index in [1.165, 1.54) is 0 Å². The molecule has 2 aromatic rings. The Hall–Kier alpha value is -2.47. The Labute approximate surface area is 144 Å². The first-order chi connectivity index (χ1) is 11.6. The van der Waals surface area contributed by atoms with Crippen LogP contribution in [0.5, 0.6) is 0 Å². The largest absolute Gasteiger partial charge is 0.369 e. The fraction of sp³-hybridized carbons (Fsp3) is 0.294. The van der Waals surface area contributed by atoms with Crippen LogP contribution in [0.15, 0.2) is 36.5 Å². The summed E-state index contributed by atoms with van der Waals surface area (Å²) in [6, 6.07) is 9.28. The molecule has 2 amide bonds. The van der Waals surface area contributed by atoms with Crippen LogP contribution in [0.25, 0.3) is 0 Å². The van der Waals surface area contributed by atoms with Gasteiger partial charge < -0.3 is 20.5 Å². The number of hydrogen-bond acceptors (Lipinski definition) is 3. The van der Waals surface area contributed by atoms with Crippen molar-refractivity contribution < 1.29 is 9.59 Å². The van der Waals surface area contributed by atoms with Gasteiger partial charge in [0.2, 0.25) is 5.91 Å². The van der Waals surface area contributed by atoms with E-state index in [9.17, 15) is 9.59 Å². The van der Waals surface area contributed by atoms with Gasteiger partial charge in [-0.25, -0.2) is 0 Å². The summed E-state index contributed by atoms with van der Waals surface area (Å²) in [5, 5.41) is 6.87. The predicted octanol–water partition coefficient (Wildman–Crippen LogP) is 2.71. The third kappa shape index (κ3) is 2.43. The molecule has 3 N–H and O–H groups in total. The summed E-state index contributed by atoms with van der Waals surface area (Å²) in [4.78, 5) is 29.7. The summed E-state index contributed by atoms with van der Waals surface area (Å²) in [7, 11) is 0. The predicted molar refractivity (Wildman–Crippen MR) is 92.4 cm³/mol. The fourth-order valence-corrected chi connectivity index (χ4v) is 3.53. The van der Waals surface area contributed by atoms with Crippen LogP contribution < -0.4 is 10.6 Å². The number of carbonyl (C=O) groups excluding carboxylic acids is 2. The lowest BCUT2D eigenvalue weighted by atomic mass is 9.84. The number of hydrogen-bond donors (Lipinski definition) is 3. The number of nitrogens with zero attached hydrogens (tertiary/aromatic N) is 1. The average Bonchev–Trinajstić information content (AvgIpc) is 3.02. The van der Waals surface area contributed by atoms with E-state index in [4.69, 9.17) is 11.6 Å². The van der Waals surface area contributed by atoms with Gasteiger partial charge in [0.25, 0.3) is 5.91 Å². The lowest BCUT2D eigenvalue weighted by Crippen LogP contribution is -2.59. The van der Waals surface area contributed by atoms with E-state index in [0.717, 1.165) is 11.4 Å². The van der Waals surface area contributed by atoms with Crippen molar-refractivity contribution in [2.45, 2.75) is 18.4 Å². The van der Waals surface area contributed by atoms with Crippen LogP contribution in [-0.2, 0) is 4.79 Å². The number of carbonyl (C=O) groups is 2. The van der Waals surface area contributed by atoms with Gasteiger partial charge in [-0.2, -0.15) is 0 Å². The third-order valence-electron chi connectivity index (χ3n) is 4.77. The molecule has 2 aliphatic rings. The van der Waals surface area contributed by atoms with E-state index in [-0.39, 0.29) is 11.8 Å². The van der Waals surface area contributed by atoms with Crippen LogP contribution in [0.1, 0.15) is 23.3 Å². The molecule has 24 heavy (non-hydrogen) atoms. The van der Waals surface area contributed by atoms with E-state index >= 15 is 0 Å². The molecule has 0 unspecified atom stereocenters. The molecule has 1 fully saturated rings. The van der Waals surface area contributed by atoms with Crippen molar-refractivity contribution in [2.75, 3.05) is 23.7 Å². The van der Waals surface area contributed by atoms with E-state index in [0.29, 0.717) is 36.6 Å². The Morgan fingerprint density at radius 3 is 2.54 bits per heavy atom. The molecule has 1 aromatic heterocycles. The van der Waals surface area contributed by atoms with Crippen molar-refractivity contribution in [1.29, 1.82) is 0 Å². The van der Waals surface area contributed by atoms with Crippen LogP contribution in [0.2, 0.25) is 5.02 Å². The number of halogens is 1. The Balaban J connectivity index is 1.50. The lowest BCUT2D eigenvalue weighted by molar-refractivity contribution is -0.122. The zero-order valence-electron chi connectivity index (χ0n) is 12.9. The number of H-pyrrole nitrogens is 1. The standard InChI is InChI=1S/C17H17ClN4O2/c18-11-9-14(19-10-11)15(23)22-7-5-17(6-8-22)16(24)20-12-3-1-2-4-13(12)21-17/h1-4,9-10,19,21H,5-8H2,(H,20,24). The topological polar surface area (TPSA) is 77.2 Å². The smallest absolute Gasteiger partial charge is 0.270 e. The molecule has 2 aliphatic heterocycles. The highest BCUT2D eigenvalue weighted by Crippen LogP contribution is 2.36. The van der Waals surface area contributed by atoms with E-state index in [1.54, 1.807) is 17.2 Å². The molecular weight excluding hydrogens is 328 g/mol. The van der Waals surface area contributed by atoms with Crippen molar-refractivity contribution in [2.24, 2.45) is 0 Å². The van der Waals surface area contributed by atoms with E-state index in [1.807, 2.05) is 24.3 Å². The first-order valence-corrected chi connectivity index (χ1v) is 8.27. The van der Waals surface area contributed by atoms with Gasteiger partial charge in [0.15, 0.2) is 0 Å². The number of nitrogens with one attached hydrogen (secondary N) is 3. The quantitative estimate of drug-likeness (QED) is 0.744. The lowest BCUT2D eigenvalue weighted by Gasteiger charge is -2.44. The zero-order valence-corrected chi connectivity index (χ0v) is 13.7. The molecule has 7 heteroatoms. The number of rotatable bonds is 1. The summed E-state index contributed by atoms with van der Waals surface area (Å²) in [5.74, 6) is -0.121. The van der Waals surface area contributed by atoms with Crippen LogP contribution in [0, 0.1) is 0 Å². The van der Waals surface area contributed by atoms with Crippen LogP contribution in [0.4, 0.5) is 11.4 Å². The van der Waals surface area contributed by atoms with E-state index < -0.39 is 5.54 Å². The highest BCUT2D eigenvalue weighted by atomic mass is 35.5. The van der Waals surface area contributed by atoms with Gasteiger partial charge in [-0.05, 0) is 31.0 Å². The molecule has 3 heterocycles. The number of fused-ring (bicyclic) bond motifs is 1. The Morgan fingerprint density at radius 1 is 1.17 bits per heavy atom. The molecule has 6 nitrogen and oxygen atoms in total. The second-order valence-corrected chi connectivity index (χ2v) is 6.67. The maximum absolute atomic E-state index is 12.6. The highest BCUT2D eigenvalue weighted by molar-refractivity contribution is 6.31.